The van der Waals surface area contributed by atoms with Crippen LogP contribution in [0, 0.1) is 11.9 Å². The van der Waals surface area contributed by atoms with Gasteiger partial charge in [0.05, 0.1) is 12.3 Å². The quantitative estimate of drug-likeness (QED) is 0.858. The molecule has 1 aliphatic rings. The maximum Gasteiger partial charge on any atom is 0.255 e. The molecule has 1 amide bonds. The highest BCUT2D eigenvalue weighted by molar-refractivity contribution is 6.04. The first-order chi connectivity index (χ1) is 9.63. The molecule has 2 aromatic rings. The lowest BCUT2D eigenvalue weighted by Gasteiger charge is -2.07. The second kappa shape index (κ2) is 4.88. The van der Waals surface area contributed by atoms with Gasteiger partial charge < -0.3 is 10.1 Å². The number of halogens is 2. The SMILES string of the molecule is O=C(Nc1ccc(F)nc1F)c1ccc2c(c1)CCO2. The van der Waals surface area contributed by atoms with E-state index in [4.69, 9.17) is 4.74 Å². The minimum atomic E-state index is -1.05. The molecule has 0 atom stereocenters. The number of nitrogens with one attached hydrogen (secondary N) is 1. The number of amides is 1. The van der Waals surface area contributed by atoms with Crippen molar-refractivity contribution in [1.29, 1.82) is 0 Å². The van der Waals surface area contributed by atoms with Crippen molar-refractivity contribution in [2.45, 2.75) is 6.42 Å². The van der Waals surface area contributed by atoms with Gasteiger partial charge in [-0.15, -0.1) is 0 Å². The molecule has 6 heteroatoms. The van der Waals surface area contributed by atoms with Crippen LogP contribution >= 0.6 is 0 Å². The minimum Gasteiger partial charge on any atom is -0.493 e. The number of carbonyl (C=O) groups excluding carboxylic acids is 1. The van der Waals surface area contributed by atoms with Gasteiger partial charge in [0.1, 0.15) is 5.75 Å². The molecule has 0 aliphatic carbocycles. The van der Waals surface area contributed by atoms with Crippen LogP contribution in [0.25, 0.3) is 0 Å². The van der Waals surface area contributed by atoms with Crippen molar-refractivity contribution in [1.82, 2.24) is 4.98 Å². The van der Waals surface area contributed by atoms with Crippen LogP contribution in [-0.4, -0.2) is 17.5 Å². The molecule has 1 aliphatic heterocycles. The Hall–Kier alpha value is -2.50. The van der Waals surface area contributed by atoms with Crippen LogP contribution in [0.2, 0.25) is 0 Å². The number of nitrogens with zero attached hydrogens (tertiary/aromatic N) is 1. The zero-order chi connectivity index (χ0) is 14.1. The summed E-state index contributed by atoms with van der Waals surface area (Å²) in [5.74, 6) is -1.71. The van der Waals surface area contributed by atoms with Crippen LogP contribution in [0.3, 0.4) is 0 Å². The van der Waals surface area contributed by atoms with Crippen LogP contribution < -0.4 is 10.1 Å². The van der Waals surface area contributed by atoms with E-state index in [1.165, 1.54) is 0 Å². The highest BCUT2D eigenvalue weighted by atomic mass is 19.1. The van der Waals surface area contributed by atoms with Crippen LogP contribution in [0.5, 0.6) is 5.75 Å². The number of hydrogen-bond donors (Lipinski definition) is 1. The van der Waals surface area contributed by atoms with E-state index in [9.17, 15) is 13.6 Å². The van der Waals surface area contributed by atoms with E-state index < -0.39 is 17.8 Å². The second-order valence-corrected chi connectivity index (χ2v) is 4.35. The van der Waals surface area contributed by atoms with Gasteiger partial charge in [0.15, 0.2) is 0 Å². The first-order valence-corrected chi connectivity index (χ1v) is 6.02. The third kappa shape index (κ3) is 2.32. The summed E-state index contributed by atoms with van der Waals surface area (Å²) in [6, 6.07) is 7.11. The predicted octanol–water partition coefficient (Wildman–Crippen LogP) is 2.55. The summed E-state index contributed by atoms with van der Waals surface area (Å²) in [5.41, 5.74) is 1.17. The van der Waals surface area contributed by atoms with Crippen molar-refractivity contribution in [3.63, 3.8) is 0 Å². The first kappa shape index (κ1) is 12.5. The zero-order valence-electron chi connectivity index (χ0n) is 10.3. The first-order valence-electron chi connectivity index (χ1n) is 6.02. The van der Waals surface area contributed by atoms with Crippen molar-refractivity contribution in [3.8, 4) is 5.75 Å². The van der Waals surface area contributed by atoms with Crippen LogP contribution in [0.4, 0.5) is 14.5 Å². The van der Waals surface area contributed by atoms with Crippen molar-refractivity contribution in [2.24, 2.45) is 0 Å². The summed E-state index contributed by atoms with van der Waals surface area (Å²) in [6.07, 6.45) is 0.739. The molecule has 2 heterocycles. The number of hydrogen-bond acceptors (Lipinski definition) is 3. The van der Waals surface area contributed by atoms with Crippen molar-refractivity contribution in [3.05, 3.63) is 53.4 Å². The predicted molar refractivity (Wildman–Crippen MR) is 67.7 cm³/mol. The number of ether oxygens (including phenoxy) is 1. The Morgan fingerprint density at radius 3 is 2.90 bits per heavy atom. The number of benzene rings is 1. The Morgan fingerprint density at radius 2 is 2.10 bits per heavy atom. The smallest absolute Gasteiger partial charge is 0.255 e. The van der Waals surface area contributed by atoms with Gasteiger partial charge in [-0.1, -0.05) is 0 Å². The van der Waals surface area contributed by atoms with E-state index in [0.29, 0.717) is 12.2 Å². The lowest BCUT2D eigenvalue weighted by molar-refractivity contribution is 0.102. The Balaban J connectivity index is 1.82. The fraction of sp³-hybridized carbons (Fsp3) is 0.143. The molecule has 20 heavy (non-hydrogen) atoms. The number of carbonyl (C=O) groups is 1. The summed E-state index contributed by atoms with van der Waals surface area (Å²) in [7, 11) is 0. The number of aromatic nitrogens is 1. The summed E-state index contributed by atoms with van der Waals surface area (Å²) in [6.45, 7) is 0.594. The Labute approximate surface area is 113 Å². The van der Waals surface area contributed by atoms with Gasteiger partial charge in [0.2, 0.25) is 11.9 Å². The standard InChI is InChI=1S/C14H10F2N2O2/c15-12-4-2-10(13(16)18-12)17-14(19)9-1-3-11-8(7-9)5-6-20-11/h1-4,7H,5-6H2,(H,17,19). The Kier molecular flexibility index (Phi) is 3.06. The number of pyridine rings is 1. The van der Waals surface area contributed by atoms with Gasteiger partial charge in [-0.2, -0.15) is 13.8 Å². The monoisotopic (exact) mass is 276 g/mol. The normalized spacial score (nSPS) is 12.7. The largest absolute Gasteiger partial charge is 0.493 e. The van der Waals surface area contributed by atoms with Gasteiger partial charge in [-0.3, -0.25) is 4.79 Å². The van der Waals surface area contributed by atoms with Crippen molar-refractivity contribution >= 4 is 11.6 Å². The molecular weight excluding hydrogens is 266 g/mol. The van der Waals surface area contributed by atoms with Crippen molar-refractivity contribution in [2.75, 3.05) is 11.9 Å². The second-order valence-electron chi connectivity index (χ2n) is 4.35. The number of fused-ring (bicyclic) bond motifs is 1. The average molecular weight is 276 g/mol. The molecule has 3 rings (SSSR count). The molecule has 1 aromatic carbocycles. The number of anilines is 1. The Bertz CT molecular complexity index is 689. The highest BCUT2D eigenvalue weighted by Crippen LogP contribution is 2.26. The maximum atomic E-state index is 13.4. The van der Waals surface area contributed by atoms with Crippen LogP contribution in [-0.2, 0) is 6.42 Å². The molecule has 0 fully saturated rings. The van der Waals surface area contributed by atoms with Crippen molar-refractivity contribution < 1.29 is 18.3 Å². The molecule has 0 bridgehead atoms. The zero-order valence-corrected chi connectivity index (χ0v) is 10.3. The molecule has 1 N–H and O–H groups in total. The molecule has 0 saturated carbocycles. The third-order valence-corrected chi connectivity index (χ3v) is 3.01. The molecule has 0 saturated heterocycles. The molecule has 1 aromatic heterocycles. The van der Waals surface area contributed by atoms with E-state index in [0.717, 1.165) is 29.9 Å². The molecule has 0 spiro atoms. The Morgan fingerprint density at radius 1 is 1.25 bits per heavy atom. The van der Waals surface area contributed by atoms with Crippen LogP contribution in [0.1, 0.15) is 15.9 Å². The van der Waals surface area contributed by atoms with E-state index in [1.807, 2.05) is 0 Å². The highest BCUT2D eigenvalue weighted by Gasteiger charge is 2.16. The number of rotatable bonds is 2. The topological polar surface area (TPSA) is 51.2 Å². The van der Waals surface area contributed by atoms with Crippen LogP contribution in [0.15, 0.2) is 30.3 Å². The maximum absolute atomic E-state index is 13.4. The van der Waals surface area contributed by atoms with E-state index >= 15 is 0 Å². The van der Waals surface area contributed by atoms with Gasteiger partial charge in [-0.05, 0) is 35.9 Å². The van der Waals surface area contributed by atoms with Gasteiger partial charge >= 0.3 is 0 Å². The average Bonchev–Trinajstić information content (AvgIpc) is 2.89. The van der Waals surface area contributed by atoms with E-state index in [-0.39, 0.29) is 5.69 Å². The lowest BCUT2D eigenvalue weighted by atomic mass is 10.1. The molecule has 4 nitrogen and oxygen atoms in total. The summed E-state index contributed by atoms with van der Waals surface area (Å²) < 4.78 is 31.4. The molecule has 0 radical (unpaired) electrons. The summed E-state index contributed by atoms with van der Waals surface area (Å²) >= 11 is 0. The van der Waals surface area contributed by atoms with Gasteiger partial charge in [0, 0.05) is 12.0 Å². The lowest BCUT2D eigenvalue weighted by Crippen LogP contribution is -2.14. The minimum absolute atomic E-state index is 0.159. The summed E-state index contributed by atoms with van der Waals surface area (Å²) in [4.78, 5) is 15.0. The van der Waals surface area contributed by atoms with Gasteiger partial charge in [0.25, 0.3) is 5.91 Å². The van der Waals surface area contributed by atoms with E-state index in [2.05, 4.69) is 10.3 Å². The molecular formula is C14H10F2N2O2. The summed E-state index contributed by atoms with van der Waals surface area (Å²) in [5, 5.41) is 2.36. The fourth-order valence-electron chi connectivity index (χ4n) is 2.03. The molecule has 0 unspecified atom stereocenters. The van der Waals surface area contributed by atoms with E-state index in [1.54, 1.807) is 18.2 Å². The molecule has 102 valence electrons. The fourth-order valence-corrected chi connectivity index (χ4v) is 2.03. The third-order valence-electron chi connectivity index (χ3n) is 3.01. The van der Waals surface area contributed by atoms with Gasteiger partial charge in [-0.25, -0.2) is 0 Å².